The van der Waals surface area contributed by atoms with Crippen molar-refractivity contribution < 1.29 is 9.59 Å². The van der Waals surface area contributed by atoms with E-state index in [0.29, 0.717) is 19.4 Å². The van der Waals surface area contributed by atoms with E-state index in [4.69, 9.17) is 0 Å². The average Bonchev–Trinajstić information content (AvgIpc) is 3.22. The molecule has 0 heterocycles. The van der Waals surface area contributed by atoms with Gasteiger partial charge in [-0.3, -0.25) is 4.79 Å². The Morgan fingerprint density at radius 1 is 0.933 bits per heavy atom. The van der Waals surface area contributed by atoms with E-state index in [2.05, 4.69) is 34.9 Å². The van der Waals surface area contributed by atoms with Gasteiger partial charge in [-0.25, -0.2) is 4.79 Å². The largest absolute Gasteiger partial charge is 0.334 e. The highest BCUT2D eigenvalue weighted by Gasteiger charge is 2.42. The molecule has 1 fully saturated rings. The standard InChI is InChI=1S/C24H32N4O2/c1-28(2)17-14-19-10-12-21(13-11-19)26-22(29)24(15-6-7-16-24)27-23(30)25-18-20-8-4-3-5-9-20/h3-5,8-13H,6-7,14-18H2,1-2H3,(H,26,29)(H2,25,27,30). The van der Waals surface area contributed by atoms with Crippen LogP contribution in [0.3, 0.4) is 0 Å². The van der Waals surface area contributed by atoms with Gasteiger partial charge in [0, 0.05) is 18.8 Å². The third-order valence-corrected chi connectivity index (χ3v) is 5.60. The smallest absolute Gasteiger partial charge is 0.315 e. The number of amides is 3. The first-order valence-electron chi connectivity index (χ1n) is 10.6. The minimum Gasteiger partial charge on any atom is -0.334 e. The molecule has 3 rings (SSSR count). The Labute approximate surface area is 179 Å². The maximum absolute atomic E-state index is 13.1. The Morgan fingerprint density at radius 2 is 1.60 bits per heavy atom. The van der Waals surface area contributed by atoms with Gasteiger partial charge in [-0.2, -0.15) is 0 Å². The summed E-state index contributed by atoms with van der Waals surface area (Å²) < 4.78 is 0. The minimum atomic E-state index is -0.857. The molecule has 3 amide bonds. The van der Waals surface area contributed by atoms with Crippen molar-refractivity contribution in [1.29, 1.82) is 0 Å². The summed E-state index contributed by atoms with van der Waals surface area (Å²) in [6, 6.07) is 17.4. The SMILES string of the molecule is CN(C)CCc1ccc(NC(=O)C2(NC(=O)NCc3ccccc3)CCCC2)cc1. The molecular formula is C24H32N4O2. The number of carbonyl (C=O) groups excluding carboxylic acids is 2. The third kappa shape index (κ3) is 6.07. The molecule has 160 valence electrons. The number of rotatable bonds is 8. The van der Waals surface area contributed by atoms with E-state index in [9.17, 15) is 9.59 Å². The summed E-state index contributed by atoms with van der Waals surface area (Å²) in [6.45, 7) is 1.41. The second kappa shape index (κ2) is 10.3. The molecule has 3 N–H and O–H groups in total. The molecular weight excluding hydrogens is 376 g/mol. The van der Waals surface area contributed by atoms with Crippen LogP contribution in [-0.2, 0) is 17.8 Å². The summed E-state index contributed by atoms with van der Waals surface area (Å²) in [5.41, 5.74) is 2.15. The van der Waals surface area contributed by atoms with Crippen molar-refractivity contribution in [2.45, 2.75) is 44.2 Å². The number of anilines is 1. The minimum absolute atomic E-state index is 0.143. The molecule has 0 saturated heterocycles. The van der Waals surface area contributed by atoms with Crippen LogP contribution in [0.1, 0.15) is 36.8 Å². The Hall–Kier alpha value is -2.86. The average molecular weight is 409 g/mol. The Balaban J connectivity index is 1.57. The third-order valence-electron chi connectivity index (χ3n) is 5.60. The highest BCUT2D eigenvalue weighted by molar-refractivity contribution is 6.00. The molecule has 0 aliphatic heterocycles. The number of benzene rings is 2. The van der Waals surface area contributed by atoms with Gasteiger partial charge in [0.1, 0.15) is 5.54 Å². The van der Waals surface area contributed by atoms with Gasteiger partial charge in [-0.15, -0.1) is 0 Å². The molecule has 1 aliphatic rings. The molecule has 2 aromatic carbocycles. The van der Waals surface area contributed by atoms with Gasteiger partial charge in [0.05, 0.1) is 0 Å². The molecule has 6 nitrogen and oxygen atoms in total. The molecule has 2 aromatic rings. The number of urea groups is 1. The van der Waals surface area contributed by atoms with Crippen molar-refractivity contribution in [3.05, 3.63) is 65.7 Å². The predicted octanol–water partition coefficient (Wildman–Crippen LogP) is 3.54. The molecule has 1 saturated carbocycles. The van der Waals surface area contributed by atoms with E-state index in [1.54, 1.807) is 0 Å². The lowest BCUT2D eigenvalue weighted by atomic mass is 9.96. The predicted molar refractivity (Wildman–Crippen MR) is 120 cm³/mol. The van der Waals surface area contributed by atoms with Crippen LogP contribution >= 0.6 is 0 Å². The van der Waals surface area contributed by atoms with Gasteiger partial charge < -0.3 is 20.9 Å². The molecule has 0 atom stereocenters. The summed E-state index contributed by atoms with van der Waals surface area (Å²) in [5.74, 6) is -0.143. The monoisotopic (exact) mass is 408 g/mol. The summed E-state index contributed by atoms with van der Waals surface area (Å²) >= 11 is 0. The number of nitrogens with one attached hydrogen (secondary N) is 3. The van der Waals surface area contributed by atoms with E-state index in [1.165, 1.54) is 5.56 Å². The first-order chi connectivity index (χ1) is 14.5. The quantitative estimate of drug-likeness (QED) is 0.625. The topological polar surface area (TPSA) is 73.5 Å². The fourth-order valence-electron chi connectivity index (χ4n) is 3.79. The van der Waals surface area contributed by atoms with Crippen LogP contribution in [0.5, 0.6) is 0 Å². The number of carbonyl (C=O) groups is 2. The van der Waals surface area contributed by atoms with E-state index in [-0.39, 0.29) is 11.9 Å². The van der Waals surface area contributed by atoms with Crippen LogP contribution < -0.4 is 16.0 Å². The fourth-order valence-corrected chi connectivity index (χ4v) is 3.79. The van der Waals surface area contributed by atoms with Crippen LogP contribution in [0, 0.1) is 0 Å². The second-order valence-corrected chi connectivity index (χ2v) is 8.29. The van der Waals surface area contributed by atoms with Crippen molar-refractivity contribution in [2.24, 2.45) is 0 Å². The molecule has 1 aliphatic carbocycles. The zero-order valence-corrected chi connectivity index (χ0v) is 17.9. The number of hydrogen-bond donors (Lipinski definition) is 3. The highest BCUT2D eigenvalue weighted by Crippen LogP contribution is 2.31. The Morgan fingerprint density at radius 3 is 2.23 bits per heavy atom. The van der Waals surface area contributed by atoms with Crippen LogP contribution in [0.25, 0.3) is 0 Å². The molecule has 6 heteroatoms. The zero-order chi connectivity index (χ0) is 21.4. The van der Waals surface area contributed by atoms with Crippen LogP contribution in [-0.4, -0.2) is 43.0 Å². The highest BCUT2D eigenvalue weighted by atomic mass is 16.2. The molecule has 0 unspecified atom stereocenters. The summed E-state index contributed by atoms with van der Waals surface area (Å²) in [4.78, 5) is 27.7. The van der Waals surface area contributed by atoms with E-state index >= 15 is 0 Å². The number of likely N-dealkylation sites (N-methyl/N-ethyl adjacent to an activating group) is 1. The fraction of sp³-hybridized carbons (Fsp3) is 0.417. The van der Waals surface area contributed by atoms with E-state index in [1.807, 2.05) is 54.6 Å². The molecule has 0 bridgehead atoms. The zero-order valence-electron chi connectivity index (χ0n) is 17.9. The van der Waals surface area contributed by atoms with Gasteiger partial charge >= 0.3 is 6.03 Å². The van der Waals surface area contributed by atoms with Crippen LogP contribution in [0.15, 0.2) is 54.6 Å². The lowest BCUT2D eigenvalue weighted by Gasteiger charge is -2.29. The lowest BCUT2D eigenvalue weighted by molar-refractivity contribution is -0.121. The van der Waals surface area contributed by atoms with E-state index in [0.717, 1.165) is 37.1 Å². The Bertz CT molecular complexity index is 828. The first kappa shape index (κ1) is 21.8. The van der Waals surface area contributed by atoms with Crippen molar-refractivity contribution in [3.63, 3.8) is 0 Å². The molecule has 30 heavy (non-hydrogen) atoms. The van der Waals surface area contributed by atoms with Gasteiger partial charge in [0.2, 0.25) is 5.91 Å². The van der Waals surface area contributed by atoms with Crippen molar-refractivity contribution in [2.75, 3.05) is 26.0 Å². The van der Waals surface area contributed by atoms with Gasteiger partial charge in [-0.05, 0) is 56.6 Å². The van der Waals surface area contributed by atoms with Crippen molar-refractivity contribution in [1.82, 2.24) is 15.5 Å². The Kier molecular flexibility index (Phi) is 7.46. The van der Waals surface area contributed by atoms with Gasteiger partial charge in [0.15, 0.2) is 0 Å². The number of hydrogen-bond acceptors (Lipinski definition) is 3. The second-order valence-electron chi connectivity index (χ2n) is 8.29. The van der Waals surface area contributed by atoms with Gasteiger partial charge in [0.25, 0.3) is 0 Å². The maximum Gasteiger partial charge on any atom is 0.315 e. The lowest BCUT2D eigenvalue weighted by Crippen LogP contribution is -2.57. The molecule has 0 spiro atoms. The van der Waals surface area contributed by atoms with Crippen molar-refractivity contribution >= 4 is 17.6 Å². The maximum atomic E-state index is 13.1. The summed E-state index contributed by atoms with van der Waals surface area (Å²) in [6.07, 6.45) is 4.12. The molecule has 0 aromatic heterocycles. The summed E-state index contributed by atoms with van der Waals surface area (Å²) in [5, 5.41) is 8.83. The normalized spacial score (nSPS) is 15.0. The first-order valence-corrected chi connectivity index (χ1v) is 10.6. The molecule has 0 radical (unpaired) electrons. The van der Waals surface area contributed by atoms with Crippen LogP contribution in [0.2, 0.25) is 0 Å². The van der Waals surface area contributed by atoms with Crippen molar-refractivity contribution in [3.8, 4) is 0 Å². The van der Waals surface area contributed by atoms with Gasteiger partial charge in [-0.1, -0.05) is 55.3 Å². The van der Waals surface area contributed by atoms with Crippen LogP contribution in [0.4, 0.5) is 10.5 Å². The number of nitrogens with zero attached hydrogens (tertiary/aromatic N) is 1. The summed E-state index contributed by atoms with van der Waals surface area (Å²) in [7, 11) is 4.11. The van der Waals surface area contributed by atoms with E-state index < -0.39 is 5.54 Å².